The lowest BCUT2D eigenvalue weighted by atomic mass is 10.0. The summed E-state index contributed by atoms with van der Waals surface area (Å²) < 4.78 is 16.8. The largest absolute Gasteiger partial charge is 0.462 e. The molecule has 0 saturated carbocycles. The van der Waals surface area contributed by atoms with Crippen molar-refractivity contribution >= 4 is 17.9 Å². The maximum absolute atomic E-state index is 12.8. The number of ether oxygens (including phenoxy) is 3. The van der Waals surface area contributed by atoms with Crippen molar-refractivity contribution in [3.8, 4) is 0 Å². The van der Waals surface area contributed by atoms with Crippen molar-refractivity contribution in [3.63, 3.8) is 0 Å². The van der Waals surface area contributed by atoms with Gasteiger partial charge in [-0.05, 0) is 31.1 Å². The molecular weight excluding hydrogens is 709 g/mol. The molecule has 0 bridgehead atoms. The Morgan fingerprint density at radius 3 is 0.860 bits per heavy atom. The lowest BCUT2D eigenvalue weighted by Crippen LogP contribution is -2.30. The first kappa shape index (κ1) is 55.4. The summed E-state index contributed by atoms with van der Waals surface area (Å²) in [5.41, 5.74) is 0. The molecule has 1 atom stereocenters. The van der Waals surface area contributed by atoms with E-state index in [2.05, 4.69) is 34.6 Å². The van der Waals surface area contributed by atoms with Crippen LogP contribution < -0.4 is 0 Å². The Balaban J connectivity index is 4.32. The fourth-order valence-electron chi connectivity index (χ4n) is 7.64. The third kappa shape index (κ3) is 45.3. The van der Waals surface area contributed by atoms with Gasteiger partial charge in [-0.1, -0.05) is 240 Å². The number of esters is 3. The van der Waals surface area contributed by atoms with E-state index >= 15 is 0 Å². The number of unbranched alkanes of at least 4 members (excludes halogenated alkanes) is 30. The zero-order valence-electron chi connectivity index (χ0n) is 39.0. The van der Waals surface area contributed by atoms with Crippen LogP contribution in [0.4, 0.5) is 0 Å². The molecule has 0 aliphatic carbocycles. The zero-order chi connectivity index (χ0) is 41.9. The summed E-state index contributed by atoms with van der Waals surface area (Å²) in [7, 11) is 0. The maximum Gasteiger partial charge on any atom is 0.306 e. The van der Waals surface area contributed by atoms with Gasteiger partial charge < -0.3 is 14.2 Å². The minimum Gasteiger partial charge on any atom is -0.462 e. The molecule has 57 heavy (non-hydrogen) atoms. The van der Waals surface area contributed by atoms with E-state index in [1.165, 1.54) is 167 Å². The molecule has 0 heterocycles. The van der Waals surface area contributed by atoms with Gasteiger partial charge in [0.25, 0.3) is 0 Å². The van der Waals surface area contributed by atoms with Crippen LogP contribution in [0.1, 0.15) is 279 Å². The fraction of sp³-hybridized carbons (Fsp3) is 0.941. The molecule has 0 aromatic rings. The molecule has 0 N–H and O–H groups in total. The van der Waals surface area contributed by atoms with E-state index < -0.39 is 6.10 Å². The van der Waals surface area contributed by atoms with E-state index in [0.717, 1.165) is 69.6 Å². The van der Waals surface area contributed by atoms with Crippen molar-refractivity contribution < 1.29 is 28.6 Å². The van der Waals surface area contributed by atoms with Crippen LogP contribution >= 0.6 is 0 Å². The molecule has 0 radical (unpaired) electrons. The molecule has 0 rings (SSSR count). The van der Waals surface area contributed by atoms with Crippen LogP contribution in [-0.2, 0) is 28.6 Å². The van der Waals surface area contributed by atoms with Gasteiger partial charge in [-0.25, -0.2) is 0 Å². The smallest absolute Gasteiger partial charge is 0.306 e. The molecule has 0 aliphatic rings. The summed E-state index contributed by atoms with van der Waals surface area (Å²) in [6, 6.07) is 0. The number of carbonyl (C=O) groups is 3. The first-order chi connectivity index (χ1) is 27.7. The summed E-state index contributed by atoms with van der Waals surface area (Å²) in [5, 5.41) is 0. The number of hydrogen-bond donors (Lipinski definition) is 0. The second kappa shape index (κ2) is 44.0. The third-order valence-corrected chi connectivity index (χ3v) is 11.5. The zero-order valence-corrected chi connectivity index (χ0v) is 39.0. The van der Waals surface area contributed by atoms with Gasteiger partial charge in [-0.2, -0.15) is 0 Å². The van der Waals surface area contributed by atoms with Crippen LogP contribution in [0.25, 0.3) is 0 Å². The predicted octanol–water partition coefficient (Wildman–Crippen LogP) is 16.1. The topological polar surface area (TPSA) is 78.9 Å². The van der Waals surface area contributed by atoms with Crippen molar-refractivity contribution in [2.24, 2.45) is 11.8 Å². The monoisotopic (exact) mass is 807 g/mol. The summed E-state index contributed by atoms with van der Waals surface area (Å²) in [6.07, 6.45) is 43.7. The first-order valence-corrected chi connectivity index (χ1v) is 25.2. The van der Waals surface area contributed by atoms with Crippen molar-refractivity contribution in [2.45, 2.75) is 285 Å². The lowest BCUT2D eigenvalue weighted by Gasteiger charge is -2.18. The quantitative estimate of drug-likeness (QED) is 0.0346. The van der Waals surface area contributed by atoms with E-state index in [-0.39, 0.29) is 31.1 Å². The molecule has 6 heteroatoms. The molecule has 0 amide bonds. The van der Waals surface area contributed by atoms with Crippen molar-refractivity contribution in [3.05, 3.63) is 0 Å². The van der Waals surface area contributed by atoms with Crippen LogP contribution in [0, 0.1) is 11.8 Å². The fourth-order valence-corrected chi connectivity index (χ4v) is 7.64. The molecule has 6 nitrogen and oxygen atoms in total. The van der Waals surface area contributed by atoms with Gasteiger partial charge in [0.1, 0.15) is 13.2 Å². The normalized spacial score (nSPS) is 12.1. The Kier molecular flexibility index (Phi) is 42.7. The Bertz CT molecular complexity index is 870. The average molecular weight is 807 g/mol. The van der Waals surface area contributed by atoms with Crippen molar-refractivity contribution in [1.82, 2.24) is 0 Å². The van der Waals surface area contributed by atoms with Crippen LogP contribution in [0.15, 0.2) is 0 Å². The van der Waals surface area contributed by atoms with Gasteiger partial charge in [0, 0.05) is 19.3 Å². The first-order valence-electron chi connectivity index (χ1n) is 25.2. The van der Waals surface area contributed by atoms with Gasteiger partial charge >= 0.3 is 17.9 Å². The highest BCUT2D eigenvalue weighted by Crippen LogP contribution is 2.17. The van der Waals surface area contributed by atoms with Crippen LogP contribution in [0.5, 0.6) is 0 Å². The van der Waals surface area contributed by atoms with Gasteiger partial charge in [-0.3, -0.25) is 14.4 Å². The Labute approximate surface area is 355 Å². The Morgan fingerprint density at radius 2 is 0.579 bits per heavy atom. The molecule has 0 unspecified atom stereocenters. The second-order valence-corrected chi connectivity index (χ2v) is 18.4. The van der Waals surface area contributed by atoms with E-state index in [4.69, 9.17) is 14.2 Å². The highest BCUT2D eigenvalue weighted by molar-refractivity contribution is 5.71. The standard InChI is InChI=1S/C51H98O6/c1-6-7-8-9-10-11-12-15-23-28-33-38-43-51(54)57-48(45-56-50(53)42-37-32-27-22-18-17-20-25-30-35-40-47(4)5)44-55-49(52)41-36-31-26-21-16-13-14-19-24-29-34-39-46(2)3/h46-48H,6-45H2,1-5H3/t48-/m1/s1. The van der Waals surface area contributed by atoms with E-state index in [0.29, 0.717) is 19.3 Å². The van der Waals surface area contributed by atoms with Crippen LogP contribution in [0.3, 0.4) is 0 Å². The lowest BCUT2D eigenvalue weighted by molar-refractivity contribution is -0.167. The van der Waals surface area contributed by atoms with E-state index in [1.54, 1.807) is 0 Å². The molecule has 0 aliphatic heterocycles. The number of carbonyl (C=O) groups excluding carboxylic acids is 3. The molecular formula is C51H98O6. The summed E-state index contributed by atoms with van der Waals surface area (Å²) in [5.74, 6) is 0.795. The molecule has 0 saturated heterocycles. The summed E-state index contributed by atoms with van der Waals surface area (Å²) >= 11 is 0. The van der Waals surface area contributed by atoms with Gasteiger partial charge in [0.2, 0.25) is 0 Å². The third-order valence-electron chi connectivity index (χ3n) is 11.5. The van der Waals surface area contributed by atoms with E-state index in [9.17, 15) is 14.4 Å². The minimum absolute atomic E-state index is 0.0640. The SMILES string of the molecule is CCCCCCCCCCCCCCC(=O)O[C@H](COC(=O)CCCCCCCCCCCCCC(C)C)COC(=O)CCCCCCCCCCCCC(C)C. The molecule has 0 spiro atoms. The average Bonchev–Trinajstić information content (AvgIpc) is 3.18. The summed E-state index contributed by atoms with van der Waals surface area (Å²) in [4.78, 5) is 37.9. The molecule has 0 aromatic carbocycles. The van der Waals surface area contributed by atoms with Crippen molar-refractivity contribution in [2.75, 3.05) is 13.2 Å². The number of rotatable bonds is 45. The molecule has 0 aromatic heterocycles. The molecule has 0 fully saturated rings. The van der Waals surface area contributed by atoms with E-state index in [1.807, 2.05) is 0 Å². The van der Waals surface area contributed by atoms with Crippen LogP contribution in [0.2, 0.25) is 0 Å². The minimum atomic E-state index is -0.761. The predicted molar refractivity (Wildman–Crippen MR) is 243 cm³/mol. The second-order valence-electron chi connectivity index (χ2n) is 18.4. The molecule has 338 valence electrons. The van der Waals surface area contributed by atoms with Crippen molar-refractivity contribution in [1.29, 1.82) is 0 Å². The van der Waals surface area contributed by atoms with Gasteiger partial charge in [0.05, 0.1) is 0 Å². The Hall–Kier alpha value is -1.59. The highest BCUT2D eigenvalue weighted by Gasteiger charge is 2.19. The highest BCUT2D eigenvalue weighted by atomic mass is 16.6. The van der Waals surface area contributed by atoms with Crippen LogP contribution in [-0.4, -0.2) is 37.2 Å². The Morgan fingerprint density at radius 1 is 0.333 bits per heavy atom. The maximum atomic E-state index is 12.8. The number of hydrogen-bond acceptors (Lipinski definition) is 6. The summed E-state index contributed by atoms with van der Waals surface area (Å²) in [6.45, 7) is 11.3. The van der Waals surface area contributed by atoms with Gasteiger partial charge in [0.15, 0.2) is 6.10 Å². The van der Waals surface area contributed by atoms with Gasteiger partial charge in [-0.15, -0.1) is 0 Å².